The van der Waals surface area contributed by atoms with Gasteiger partial charge in [-0.2, -0.15) is 0 Å². The Morgan fingerprint density at radius 2 is 2.12 bits per heavy atom. The number of urea groups is 1. The molecule has 2 aliphatic heterocycles. The molecule has 132 valence electrons. The number of hydrogen-bond donors (Lipinski definition) is 1. The van der Waals surface area contributed by atoms with Gasteiger partial charge in [-0.25, -0.2) is 9.78 Å². The van der Waals surface area contributed by atoms with Crippen LogP contribution in [0.2, 0.25) is 5.02 Å². The zero-order chi connectivity index (χ0) is 17.4. The SMILES string of the molecule is Cc1nc(C2CCCN2C(=O)Nc2cc3c(cc2Cl)OCCO3)cs1. The van der Waals surface area contributed by atoms with E-state index in [0.29, 0.717) is 42.0 Å². The molecule has 2 amide bonds. The van der Waals surface area contributed by atoms with Gasteiger partial charge in [-0.15, -0.1) is 11.3 Å². The molecule has 1 atom stereocenters. The number of rotatable bonds is 2. The predicted octanol–water partition coefficient (Wildman–Crippen LogP) is 4.25. The largest absolute Gasteiger partial charge is 0.486 e. The molecule has 0 aliphatic carbocycles. The highest BCUT2D eigenvalue weighted by molar-refractivity contribution is 7.09. The summed E-state index contributed by atoms with van der Waals surface area (Å²) >= 11 is 7.90. The number of aromatic nitrogens is 1. The number of carbonyl (C=O) groups is 1. The standard InChI is InChI=1S/C17H18ClN3O3S/c1-10-19-13(9-25-10)14-3-2-4-21(14)17(22)20-12-8-16-15(7-11(12)18)23-5-6-24-16/h7-9,14H,2-6H2,1H3,(H,20,22). The zero-order valence-electron chi connectivity index (χ0n) is 13.8. The van der Waals surface area contributed by atoms with Crippen molar-refractivity contribution < 1.29 is 14.3 Å². The van der Waals surface area contributed by atoms with E-state index in [-0.39, 0.29) is 12.1 Å². The Bertz CT molecular complexity index is 810. The van der Waals surface area contributed by atoms with E-state index in [1.54, 1.807) is 23.5 Å². The number of thiazole rings is 1. The van der Waals surface area contributed by atoms with Gasteiger partial charge < -0.3 is 19.7 Å². The molecule has 1 saturated heterocycles. The molecule has 3 heterocycles. The predicted molar refractivity (Wildman–Crippen MR) is 97.0 cm³/mol. The van der Waals surface area contributed by atoms with Crippen LogP contribution in [0.1, 0.15) is 29.6 Å². The average molecular weight is 380 g/mol. The number of nitrogens with zero attached hydrogens (tertiary/aromatic N) is 2. The molecule has 0 radical (unpaired) electrons. The molecule has 0 spiro atoms. The minimum Gasteiger partial charge on any atom is -0.486 e. The summed E-state index contributed by atoms with van der Waals surface area (Å²) in [5, 5.41) is 6.37. The van der Waals surface area contributed by atoms with Gasteiger partial charge in [0.25, 0.3) is 0 Å². The summed E-state index contributed by atoms with van der Waals surface area (Å²) in [6, 6.07) is 3.23. The first-order chi connectivity index (χ1) is 12.1. The number of anilines is 1. The highest BCUT2D eigenvalue weighted by Gasteiger charge is 2.32. The number of hydrogen-bond acceptors (Lipinski definition) is 5. The number of carbonyl (C=O) groups excluding carboxylic acids is 1. The van der Waals surface area contributed by atoms with Gasteiger partial charge in [0.15, 0.2) is 11.5 Å². The van der Waals surface area contributed by atoms with E-state index in [1.807, 2.05) is 17.2 Å². The van der Waals surface area contributed by atoms with Gasteiger partial charge in [0.05, 0.1) is 27.5 Å². The lowest BCUT2D eigenvalue weighted by Crippen LogP contribution is -2.34. The Morgan fingerprint density at radius 3 is 2.84 bits per heavy atom. The van der Waals surface area contributed by atoms with Crippen LogP contribution in [0.4, 0.5) is 10.5 Å². The smallest absolute Gasteiger partial charge is 0.322 e. The van der Waals surface area contributed by atoms with Crippen LogP contribution in [0.5, 0.6) is 11.5 Å². The number of aryl methyl sites for hydroxylation is 1. The van der Waals surface area contributed by atoms with E-state index in [0.717, 1.165) is 23.5 Å². The summed E-state index contributed by atoms with van der Waals surface area (Å²) in [7, 11) is 0. The van der Waals surface area contributed by atoms with Gasteiger partial charge in [-0.05, 0) is 19.8 Å². The van der Waals surface area contributed by atoms with Crippen molar-refractivity contribution in [3.05, 3.63) is 33.2 Å². The third-order valence-corrected chi connectivity index (χ3v) is 5.47. The molecule has 4 rings (SSSR count). The topological polar surface area (TPSA) is 63.7 Å². The number of amides is 2. The molecule has 1 aromatic heterocycles. The first kappa shape index (κ1) is 16.5. The molecule has 0 bridgehead atoms. The summed E-state index contributed by atoms with van der Waals surface area (Å²) in [4.78, 5) is 19.1. The first-order valence-corrected chi connectivity index (χ1v) is 9.46. The zero-order valence-corrected chi connectivity index (χ0v) is 15.3. The van der Waals surface area contributed by atoms with Crippen molar-refractivity contribution in [2.24, 2.45) is 0 Å². The fraction of sp³-hybridized carbons (Fsp3) is 0.412. The first-order valence-electron chi connectivity index (χ1n) is 8.20. The van der Waals surface area contributed by atoms with Gasteiger partial charge in [-0.3, -0.25) is 0 Å². The molecule has 1 unspecified atom stereocenters. The number of nitrogens with one attached hydrogen (secondary N) is 1. The quantitative estimate of drug-likeness (QED) is 0.847. The highest BCUT2D eigenvalue weighted by atomic mass is 35.5. The number of halogens is 1. The van der Waals surface area contributed by atoms with E-state index < -0.39 is 0 Å². The summed E-state index contributed by atoms with van der Waals surface area (Å²) in [6.07, 6.45) is 1.88. The lowest BCUT2D eigenvalue weighted by molar-refractivity contribution is 0.171. The maximum Gasteiger partial charge on any atom is 0.322 e. The lowest BCUT2D eigenvalue weighted by Gasteiger charge is -2.25. The van der Waals surface area contributed by atoms with Crippen LogP contribution in [0, 0.1) is 6.92 Å². The summed E-state index contributed by atoms with van der Waals surface area (Å²) in [6.45, 7) is 3.66. The van der Waals surface area contributed by atoms with Crippen molar-refractivity contribution >= 4 is 34.7 Å². The molecule has 8 heteroatoms. The molecular weight excluding hydrogens is 362 g/mol. The van der Waals surface area contributed by atoms with Crippen LogP contribution in [0.3, 0.4) is 0 Å². The van der Waals surface area contributed by atoms with Crippen molar-refractivity contribution in [1.29, 1.82) is 0 Å². The average Bonchev–Trinajstić information content (AvgIpc) is 3.24. The molecule has 0 saturated carbocycles. The molecule has 25 heavy (non-hydrogen) atoms. The monoisotopic (exact) mass is 379 g/mol. The number of benzene rings is 1. The maximum absolute atomic E-state index is 12.8. The van der Waals surface area contributed by atoms with Crippen LogP contribution in [0.25, 0.3) is 0 Å². The Labute approximate surface area is 154 Å². The molecular formula is C17H18ClN3O3S. The second-order valence-electron chi connectivity index (χ2n) is 6.05. The van der Waals surface area contributed by atoms with Crippen molar-refractivity contribution in [2.45, 2.75) is 25.8 Å². The van der Waals surface area contributed by atoms with Gasteiger partial charge in [0.2, 0.25) is 0 Å². The van der Waals surface area contributed by atoms with Gasteiger partial charge >= 0.3 is 6.03 Å². The van der Waals surface area contributed by atoms with Crippen molar-refractivity contribution in [3.8, 4) is 11.5 Å². The normalized spacial score (nSPS) is 19.1. The number of likely N-dealkylation sites (tertiary alicyclic amines) is 1. The fourth-order valence-corrected chi connectivity index (χ4v) is 4.06. The Kier molecular flexibility index (Phi) is 4.43. The minimum absolute atomic E-state index is 0.0148. The second kappa shape index (κ2) is 6.72. The molecule has 2 aromatic rings. The molecule has 6 nitrogen and oxygen atoms in total. The van der Waals surface area contributed by atoms with Gasteiger partial charge in [0.1, 0.15) is 13.2 Å². The summed E-state index contributed by atoms with van der Waals surface area (Å²) in [5.74, 6) is 1.20. The molecule has 1 aromatic carbocycles. The van der Waals surface area contributed by atoms with E-state index in [4.69, 9.17) is 21.1 Å². The van der Waals surface area contributed by atoms with E-state index in [1.165, 1.54) is 0 Å². The Balaban J connectivity index is 1.53. The lowest BCUT2D eigenvalue weighted by atomic mass is 10.2. The molecule has 2 aliphatic rings. The number of ether oxygens (including phenoxy) is 2. The Hall–Kier alpha value is -1.99. The van der Waals surface area contributed by atoms with E-state index >= 15 is 0 Å². The van der Waals surface area contributed by atoms with Crippen LogP contribution in [-0.4, -0.2) is 35.7 Å². The Morgan fingerprint density at radius 1 is 1.36 bits per heavy atom. The molecule has 1 N–H and O–H groups in total. The second-order valence-corrected chi connectivity index (χ2v) is 7.52. The van der Waals surface area contributed by atoms with Crippen LogP contribution in [0.15, 0.2) is 17.5 Å². The van der Waals surface area contributed by atoms with E-state index in [9.17, 15) is 4.79 Å². The van der Waals surface area contributed by atoms with Crippen molar-refractivity contribution in [1.82, 2.24) is 9.88 Å². The van der Waals surface area contributed by atoms with E-state index in [2.05, 4.69) is 10.3 Å². The van der Waals surface area contributed by atoms with Gasteiger partial charge in [0, 0.05) is 24.1 Å². The third kappa shape index (κ3) is 3.26. The summed E-state index contributed by atoms with van der Waals surface area (Å²) in [5.41, 5.74) is 1.49. The molecule has 1 fully saturated rings. The maximum atomic E-state index is 12.8. The third-order valence-electron chi connectivity index (χ3n) is 4.37. The van der Waals surface area contributed by atoms with Crippen LogP contribution < -0.4 is 14.8 Å². The summed E-state index contributed by atoms with van der Waals surface area (Å²) < 4.78 is 11.1. The van der Waals surface area contributed by atoms with Crippen molar-refractivity contribution in [3.63, 3.8) is 0 Å². The highest BCUT2D eigenvalue weighted by Crippen LogP contribution is 2.39. The van der Waals surface area contributed by atoms with Crippen molar-refractivity contribution in [2.75, 3.05) is 25.1 Å². The van der Waals surface area contributed by atoms with Gasteiger partial charge in [-0.1, -0.05) is 11.6 Å². The van der Waals surface area contributed by atoms with Crippen LogP contribution >= 0.6 is 22.9 Å². The van der Waals surface area contributed by atoms with Crippen LogP contribution in [-0.2, 0) is 0 Å². The fourth-order valence-electron chi connectivity index (χ4n) is 3.20. The minimum atomic E-state index is -0.174. The number of fused-ring (bicyclic) bond motifs is 1.